The quantitative estimate of drug-likeness (QED) is 0.644. The van der Waals surface area contributed by atoms with Crippen molar-refractivity contribution in [1.29, 1.82) is 0 Å². The van der Waals surface area contributed by atoms with Crippen LogP contribution in [0.2, 0.25) is 10.0 Å². The highest BCUT2D eigenvalue weighted by atomic mass is 35.5. The Morgan fingerprint density at radius 1 is 1.21 bits per heavy atom. The molecule has 0 saturated carbocycles. The van der Waals surface area contributed by atoms with Crippen molar-refractivity contribution in [2.45, 2.75) is 19.1 Å². The molecule has 1 aromatic heterocycles. The molecule has 0 unspecified atom stereocenters. The van der Waals surface area contributed by atoms with Crippen LogP contribution in [0.4, 0.5) is 10.2 Å². The van der Waals surface area contributed by atoms with Crippen LogP contribution in [0.5, 0.6) is 0 Å². The number of rotatable bonds is 5. The zero-order chi connectivity index (χ0) is 20.4. The maximum atomic E-state index is 14.0. The van der Waals surface area contributed by atoms with Gasteiger partial charge in [0.2, 0.25) is 6.10 Å². The van der Waals surface area contributed by atoms with Gasteiger partial charge in [0.05, 0.1) is 22.8 Å². The summed E-state index contributed by atoms with van der Waals surface area (Å²) in [6.07, 6.45) is 0.973. The smallest absolute Gasteiger partial charge is 0.269 e. The van der Waals surface area contributed by atoms with E-state index in [9.17, 15) is 9.18 Å². The van der Waals surface area contributed by atoms with E-state index in [1.807, 2.05) is 12.1 Å². The third-order valence-corrected chi connectivity index (χ3v) is 4.93. The number of oxime groups is 1. The van der Waals surface area contributed by atoms with Crippen LogP contribution in [0, 0.1) is 5.82 Å². The van der Waals surface area contributed by atoms with Gasteiger partial charge in [0, 0.05) is 23.7 Å². The summed E-state index contributed by atoms with van der Waals surface area (Å²) in [5.74, 6) is -0.556. The molecule has 1 N–H and O–H groups in total. The summed E-state index contributed by atoms with van der Waals surface area (Å²) in [6.45, 7) is 0.534. The first kappa shape index (κ1) is 19.4. The van der Waals surface area contributed by atoms with Crippen molar-refractivity contribution in [2.24, 2.45) is 5.16 Å². The standard InChI is InChI=1S/C20H15Cl2FN4O2/c21-13-6-4-12(5-7-13)11-27-9-8-18(25-27)24-20(28)17-10-16(26-29-17)19-14(22)2-1-3-15(19)23/h1-9,17H,10-11H2,(H,24,25,28)/t17-/m1/s1. The molecule has 148 valence electrons. The van der Waals surface area contributed by atoms with E-state index in [1.165, 1.54) is 12.1 Å². The highest BCUT2D eigenvalue weighted by molar-refractivity contribution is 6.34. The van der Waals surface area contributed by atoms with Crippen LogP contribution < -0.4 is 5.32 Å². The van der Waals surface area contributed by atoms with Crippen LogP contribution in [0.1, 0.15) is 17.5 Å². The van der Waals surface area contributed by atoms with Crippen molar-refractivity contribution in [3.8, 4) is 0 Å². The monoisotopic (exact) mass is 432 g/mol. The van der Waals surface area contributed by atoms with Crippen molar-refractivity contribution >= 4 is 40.6 Å². The minimum atomic E-state index is -0.887. The SMILES string of the molecule is O=C(Nc1ccn(Cc2ccc(Cl)cc2)n1)[C@H]1CC(c2c(F)cccc2Cl)=NO1. The van der Waals surface area contributed by atoms with E-state index in [4.69, 9.17) is 28.0 Å². The normalized spacial score (nSPS) is 15.7. The van der Waals surface area contributed by atoms with Gasteiger partial charge in [-0.25, -0.2) is 4.39 Å². The first-order chi connectivity index (χ1) is 14.0. The van der Waals surface area contributed by atoms with Crippen LogP contribution in [-0.2, 0) is 16.2 Å². The number of nitrogens with one attached hydrogen (secondary N) is 1. The van der Waals surface area contributed by atoms with Crippen molar-refractivity contribution in [1.82, 2.24) is 9.78 Å². The lowest BCUT2D eigenvalue weighted by molar-refractivity contribution is -0.125. The Bertz CT molecular complexity index is 1060. The van der Waals surface area contributed by atoms with Gasteiger partial charge < -0.3 is 10.2 Å². The summed E-state index contributed by atoms with van der Waals surface area (Å²) in [4.78, 5) is 17.6. The molecule has 0 bridgehead atoms. The summed E-state index contributed by atoms with van der Waals surface area (Å²) in [5, 5.41) is 11.7. The fraction of sp³-hybridized carbons (Fsp3) is 0.150. The average Bonchev–Trinajstić information content (AvgIpc) is 3.33. The van der Waals surface area contributed by atoms with Gasteiger partial charge in [-0.05, 0) is 29.8 Å². The summed E-state index contributed by atoms with van der Waals surface area (Å²) in [5.41, 5.74) is 1.47. The topological polar surface area (TPSA) is 68.5 Å². The van der Waals surface area contributed by atoms with E-state index in [0.717, 1.165) is 5.56 Å². The van der Waals surface area contributed by atoms with Crippen molar-refractivity contribution in [3.05, 3.63) is 81.7 Å². The average molecular weight is 433 g/mol. The molecule has 1 amide bonds. The molecule has 6 nitrogen and oxygen atoms in total. The first-order valence-corrected chi connectivity index (χ1v) is 9.51. The van der Waals surface area contributed by atoms with Gasteiger partial charge in [-0.15, -0.1) is 0 Å². The molecule has 0 spiro atoms. The van der Waals surface area contributed by atoms with Gasteiger partial charge in [-0.2, -0.15) is 5.10 Å². The molecular weight excluding hydrogens is 418 g/mol. The van der Waals surface area contributed by atoms with E-state index in [2.05, 4.69) is 15.6 Å². The third kappa shape index (κ3) is 4.41. The van der Waals surface area contributed by atoms with Gasteiger partial charge in [0.1, 0.15) is 5.82 Å². The summed E-state index contributed by atoms with van der Waals surface area (Å²) >= 11 is 11.9. The Balaban J connectivity index is 1.37. The number of carbonyl (C=O) groups is 1. The number of halogens is 3. The molecule has 0 aliphatic carbocycles. The fourth-order valence-corrected chi connectivity index (χ4v) is 3.34. The molecule has 0 radical (unpaired) electrons. The molecule has 9 heteroatoms. The maximum absolute atomic E-state index is 14.0. The number of aromatic nitrogens is 2. The Morgan fingerprint density at radius 3 is 2.76 bits per heavy atom. The lowest BCUT2D eigenvalue weighted by Crippen LogP contribution is -2.28. The predicted molar refractivity (Wildman–Crippen MR) is 109 cm³/mol. The summed E-state index contributed by atoms with van der Waals surface area (Å²) in [6, 6.07) is 13.4. The van der Waals surface area contributed by atoms with Gasteiger partial charge in [-0.1, -0.05) is 46.6 Å². The van der Waals surface area contributed by atoms with Gasteiger partial charge in [-0.3, -0.25) is 9.48 Å². The second-order valence-electron chi connectivity index (χ2n) is 6.45. The number of hydrogen-bond donors (Lipinski definition) is 1. The molecule has 0 fully saturated rings. The Kier molecular flexibility index (Phi) is 5.51. The fourth-order valence-electron chi connectivity index (χ4n) is 2.94. The Labute approximate surface area is 175 Å². The van der Waals surface area contributed by atoms with E-state index in [0.29, 0.717) is 23.1 Å². The lowest BCUT2D eigenvalue weighted by Gasteiger charge is -2.08. The van der Waals surface area contributed by atoms with Crippen LogP contribution in [0.15, 0.2) is 59.9 Å². The third-order valence-electron chi connectivity index (χ3n) is 4.36. The second-order valence-corrected chi connectivity index (χ2v) is 7.29. The first-order valence-electron chi connectivity index (χ1n) is 8.75. The second kappa shape index (κ2) is 8.23. The van der Waals surface area contributed by atoms with E-state index >= 15 is 0 Å². The number of hydrogen-bond acceptors (Lipinski definition) is 4. The van der Waals surface area contributed by atoms with Gasteiger partial charge in [0.15, 0.2) is 5.82 Å². The minimum Gasteiger partial charge on any atom is -0.382 e. The molecule has 1 aliphatic heterocycles. The number of nitrogens with zero attached hydrogens (tertiary/aromatic N) is 3. The van der Waals surface area contributed by atoms with Crippen LogP contribution in [-0.4, -0.2) is 27.5 Å². The lowest BCUT2D eigenvalue weighted by atomic mass is 10.0. The minimum absolute atomic E-state index is 0.109. The van der Waals surface area contributed by atoms with Crippen molar-refractivity contribution in [2.75, 3.05) is 5.32 Å². The number of benzene rings is 2. The number of amides is 1. The van der Waals surface area contributed by atoms with E-state index < -0.39 is 17.8 Å². The molecule has 2 heterocycles. The Hall–Kier alpha value is -2.90. The van der Waals surface area contributed by atoms with Crippen LogP contribution >= 0.6 is 23.2 Å². The zero-order valence-corrected chi connectivity index (χ0v) is 16.5. The van der Waals surface area contributed by atoms with E-state index in [1.54, 1.807) is 35.1 Å². The van der Waals surface area contributed by atoms with Crippen LogP contribution in [0.3, 0.4) is 0 Å². The predicted octanol–water partition coefficient (Wildman–Crippen LogP) is 4.51. The molecule has 2 aromatic carbocycles. The number of anilines is 1. The molecule has 0 saturated heterocycles. The largest absolute Gasteiger partial charge is 0.382 e. The highest BCUT2D eigenvalue weighted by Gasteiger charge is 2.31. The molecule has 3 aromatic rings. The van der Waals surface area contributed by atoms with E-state index in [-0.39, 0.29) is 17.0 Å². The molecule has 1 atom stereocenters. The maximum Gasteiger partial charge on any atom is 0.269 e. The molecule has 1 aliphatic rings. The Morgan fingerprint density at radius 2 is 2.00 bits per heavy atom. The number of carbonyl (C=O) groups excluding carboxylic acids is 1. The van der Waals surface area contributed by atoms with Crippen molar-refractivity contribution in [3.63, 3.8) is 0 Å². The van der Waals surface area contributed by atoms with Crippen molar-refractivity contribution < 1.29 is 14.0 Å². The van der Waals surface area contributed by atoms with Crippen LogP contribution in [0.25, 0.3) is 0 Å². The zero-order valence-electron chi connectivity index (χ0n) is 15.0. The molecule has 29 heavy (non-hydrogen) atoms. The molecule has 4 rings (SSSR count). The van der Waals surface area contributed by atoms with Gasteiger partial charge in [0.25, 0.3) is 5.91 Å². The molecular formula is C20H15Cl2FN4O2. The summed E-state index contributed by atoms with van der Waals surface area (Å²) in [7, 11) is 0. The van der Waals surface area contributed by atoms with Gasteiger partial charge >= 0.3 is 0 Å². The highest BCUT2D eigenvalue weighted by Crippen LogP contribution is 2.26. The summed E-state index contributed by atoms with van der Waals surface area (Å²) < 4.78 is 15.7.